The van der Waals surface area contributed by atoms with Gasteiger partial charge in [0.25, 0.3) is 11.8 Å². The van der Waals surface area contributed by atoms with E-state index in [0.29, 0.717) is 11.5 Å². The van der Waals surface area contributed by atoms with E-state index in [-0.39, 0.29) is 51.0 Å². The number of Topliss-reactive ketones (excluding diaryl/α,β-unsaturated/α-hetero) is 1. The Hall–Kier alpha value is -4.16. The molecular weight excluding hydrogens is 464 g/mol. The van der Waals surface area contributed by atoms with Gasteiger partial charge < -0.3 is 25.6 Å². The second-order valence-electron chi connectivity index (χ2n) is 8.50. The van der Waals surface area contributed by atoms with E-state index >= 15 is 0 Å². The molecule has 2 fully saturated rings. The number of hydrazine groups is 1. The third kappa shape index (κ3) is 4.88. The molecule has 0 aliphatic carbocycles. The summed E-state index contributed by atoms with van der Waals surface area (Å²) in [5.41, 5.74) is 5.73. The molecule has 3 aliphatic heterocycles. The van der Waals surface area contributed by atoms with Gasteiger partial charge in [-0.3, -0.25) is 28.8 Å². The molecule has 0 bridgehead atoms. The number of rotatable bonds is 7. The normalized spacial score (nSPS) is 23.4. The highest BCUT2D eigenvalue weighted by Crippen LogP contribution is 2.33. The molecule has 1 aromatic carbocycles. The van der Waals surface area contributed by atoms with Crippen LogP contribution in [-0.4, -0.2) is 75.9 Å². The molecule has 13 heteroatoms. The Balaban J connectivity index is 1.53. The molecular formula is C22H24N4O9. The van der Waals surface area contributed by atoms with Crippen LogP contribution in [0, 0.1) is 5.92 Å². The van der Waals surface area contributed by atoms with Gasteiger partial charge >= 0.3 is 5.97 Å². The predicted octanol–water partition coefficient (Wildman–Crippen LogP) is -0.813. The number of primary amides is 1. The van der Waals surface area contributed by atoms with Crippen LogP contribution in [0.2, 0.25) is 0 Å². The van der Waals surface area contributed by atoms with Gasteiger partial charge in [0, 0.05) is 24.3 Å². The lowest BCUT2D eigenvalue weighted by molar-refractivity contribution is -0.180. The fraction of sp³-hybridized carbons (Fsp3) is 0.455. The third-order valence-electron chi connectivity index (χ3n) is 6.22. The SMILES string of the molecule is NC(=O)[C@@H]1C[C@H](C(=O)CCC(=O)O)CN2C(=O)CC[C@H](NC(=O)c3ccc4c(c3)OCO4)C(=O)N12. The zero-order chi connectivity index (χ0) is 25.3. The number of hydrogen-bond donors (Lipinski definition) is 3. The Labute approximate surface area is 199 Å². The van der Waals surface area contributed by atoms with Crippen LogP contribution in [0.4, 0.5) is 0 Å². The molecule has 186 valence electrons. The van der Waals surface area contributed by atoms with Gasteiger partial charge in [0.05, 0.1) is 13.0 Å². The van der Waals surface area contributed by atoms with Crippen molar-refractivity contribution >= 4 is 35.4 Å². The molecule has 35 heavy (non-hydrogen) atoms. The molecule has 0 saturated carbocycles. The van der Waals surface area contributed by atoms with Crippen LogP contribution in [0.5, 0.6) is 11.5 Å². The summed E-state index contributed by atoms with van der Waals surface area (Å²) in [5, 5.41) is 13.4. The average Bonchev–Trinajstić information content (AvgIpc) is 3.27. The summed E-state index contributed by atoms with van der Waals surface area (Å²) >= 11 is 0. The molecule has 3 heterocycles. The summed E-state index contributed by atoms with van der Waals surface area (Å²) in [5.74, 6) is -4.29. The number of ketones is 1. The number of nitrogens with two attached hydrogens (primary N) is 1. The van der Waals surface area contributed by atoms with E-state index in [1.165, 1.54) is 12.1 Å². The fourth-order valence-electron chi connectivity index (χ4n) is 4.40. The molecule has 0 radical (unpaired) electrons. The summed E-state index contributed by atoms with van der Waals surface area (Å²) in [6.07, 6.45) is -0.956. The minimum atomic E-state index is -1.30. The molecule has 1 aromatic rings. The van der Waals surface area contributed by atoms with Crippen molar-refractivity contribution in [3.63, 3.8) is 0 Å². The monoisotopic (exact) mass is 488 g/mol. The van der Waals surface area contributed by atoms with Crippen LogP contribution in [0.15, 0.2) is 18.2 Å². The van der Waals surface area contributed by atoms with Crippen LogP contribution in [-0.2, 0) is 24.0 Å². The fourth-order valence-corrected chi connectivity index (χ4v) is 4.40. The van der Waals surface area contributed by atoms with Gasteiger partial charge in [0.15, 0.2) is 11.5 Å². The highest BCUT2D eigenvalue weighted by molar-refractivity contribution is 6.00. The minimum absolute atomic E-state index is 0.0237. The molecule has 3 aliphatic rings. The Bertz CT molecular complexity index is 1100. The zero-order valence-corrected chi connectivity index (χ0v) is 18.6. The first-order valence-electron chi connectivity index (χ1n) is 11.0. The van der Waals surface area contributed by atoms with E-state index in [4.69, 9.17) is 20.3 Å². The van der Waals surface area contributed by atoms with Crippen molar-refractivity contribution in [2.24, 2.45) is 11.7 Å². The maximum absolute atomic E-state index is 13.4. The number of aliphatic carboxylic acids is 1. The number of ether oxygens (including phenoxy) is 2. The number of nitrogens with zero attached hydrogens (tertiary/aromatic N) is 2. The van der Waals surface area contributed by atoms with Crippen LogP contribution in [0.1, 0.15) is 42.5 Å². The first-order chi connectivity index (χ1) is 16.7. The third-order valence-corrected chi connectivity index (χ3v) is 6.22. The van der Waals surface area contributed by atoms with Crippen molar-refractivity contribution < 1.29 is 43.3 Å². The lowest BCUT2D eigenvalue weighted by atomic mass is 9.89. The lowest BCUT2D eigenvalue weighted by Crippen LogP contribution is -2.65. The van der Waals surface area contributed by atoms with Gasteiger partial charge in [-0.15, -0.1) is 0 Å². The number of nitrogens with one attached hydrogen (secondary N) is 1. The lowest BCUT2D eigenvalue weighted by Gasteiger charge is -2.45. The van der Waals surface area contributed by atoms with Crippen molar-refractivity contribution in [1.29, 1.82) is 0 Å². The van der Waals surface area contributed by atoms with E-state index in [1.54, 1.807) is 6.07 Å². The molecule has 0 spiro atoms. The van der Waals surface area contributed by atoms with Crippen molar-refractivity contribution in [2.75, 3.05) is 13.3 Å². The van der Waals surface area contributed by atoms with Gasteiger partial charge in [0.2, 0.25) is 18.6 Å². The molecule has 4 amide bonds. The van der Waals surface area contributed by atoms with Crippen molar-refractivity contribution in [1.82, 2.24) is 15.3 Å². The molecule has 0 aromatic heterocycles. The maximum atomic E-state index is 13.4. The number of benzene rings is 1. The van der Waals surface area contributed by atoms with E-state index in [2.05, 4.69) is 5.32 Å². The van der Waals surface area contributed by atoms with Gasteiger partial charge in [-0.2, -0.15) is 0 Å². The summed E-state index contributed by atoms with van der Waals surface area (Å²) in [7, 11) is 0. The number of carbonyl (C=O) groups is 6. The Kier molecular flexibility index (Phi) is 6.58. The quantitative estimate of drug-likeness (QED) is 0.441. The molecule has 0 unspecified atom stereocenters. The second-order valence-corrected chi connectivity index (χ2v) is 8.50. The van der Waals surface area contributed by atoms with Gasteiger partial charge in [-0.1, -0.05) is 0 Å². The topological polar surface area (TPSA) is 186 Å². The second kappa shape index (κ2) is 9.60. The Morgan fingerprint density at radius 3 is 2.57 bits per heavy atom. The summed E-state index contributed by atoms with van der Waals surface area (Å²) < 4.78 is 10.5. The summed E-state index contributed by atoms with van der Waals surface area (Å²) in [6, 6.07) is 2.11. The molecule has 2 saturated heterocycles. The number of hydrogen-bond acceptors (Lipinski definition) is 8. The number of carboxylic acids is 1. The molecule has 4 N–H and O–H groups in total. The molecule has 4 rings (SSSR count). The van der Waals surface area contributed by atoms with Crippen molar-refractivity contribution in [3.05, 3.63) is 23.8 Å². The zero-order valence-electron chi connectivity index (χ0n) is 18.6. The minimum Gasteiger partial charge on any atom is -0.481 e. The smallest absolute Gasteiger partial charge is 0.303 e. The summed E-state index contributed by atoms with van der Waals surface area (Å²) in [4.78, 5) is 74.7. The van der Waals surface area contributed by atoms with Gasteiger partial charge in [0.1, 0.15) is 17.9 Å². The van der Waals surface area contributed by atoms with E-state index in [0.717, 1.165) is 10.0 Å². The van der Waals surface area contributed by atoms with Crippen LogP contribution in [0.3, 0.4) is 0 Å². The standard InChI is InChI=1S/C22H24N4O9/c23-20(31)14-7-12(15(27)3-6-19(29)30)9-25-18(28)5-2-13(22(33)26(14)25)24-21(32)11-1-4-16-17(8-11)35-10-34-16/h1,4,8,12-14H,2-3,5-7,9-10H2,(H2,23,31)(H,24,32)(H,29,30)/t12-,13-,14-/m0/s1. The highest BCUT2D eigenvalue weighted by Gasteiger charge is 2.47. The Morgan fingerprint density at radius 1 is 1.11 bits per heavy atom. The number of amides is 4. The van der Waals surface area contributed by atoms with Gasteiger partial charge in [-0.25, -0.2) is 10.0 Å². The van der Waals surface area contributed by atoms with Gasteiger partial charge in [-0.05, 0) is 31.0 Å². The van der Waals surface area contributed by atoms with E-state index in [9.17, 15) is 28.8 Å². The van der Waals surface area contributed by atoms with Crippen LogP contribution >= 0.6 is 0 Å². The Morgan fingerprint density at radius 2 is 1.86 bits per heavy atom. The van der Waals surface area contributed by atoms with Crippen LogP contribution in [0.25, 0.3) is 0 Å². The number of fused-ring (bicyclic) bond motifs is 2. The number of carbonyl (C=O) groups excluding carboxylic acids is 5. The largest absolute Gasteiger partial charge is 0.481 e. The van der Waals surface area contributed by atoms with Crippen molar-refractivity contribution in [2.45, 2.75) is 44.2 Å². The highest BCUT2D eigenvalue weighted by atomic mass is 16.7. The van der Waals surface area contributed by atoms with E-state index in [1.807, 2.05) is 0 Å². The molecule has 13 nitrogen and oxygen atoms in total. The predicted molar refractivity (Wildman–Crippen MR) is 115 cm³/mol. The molecule has 3 atom stereocenters. The average molecular weight is 488 g/mol. The van der Waals surface area contributed by atoms with Crippen molar-refractivity contribution in [3.8, 4) is 11.5 Å². The van der Waals surface area contributed by atoms with Crippen LogP contribution < -0.4 is 20.5 Å². The van der Waals surface area contributed by atoms with E-state index < -0.39 is 53.4 Å². The number of carboxylic acid groups (broad SMARTS) is 1. The maximum Gasteiger partial charge on any atom is 0.303 e. The first kappa shape index (κ1) is 24.0. The first-order valence-corrected chi connectivity index (χ1v) is 11.0. The summed E-state index contributed by atoms with van der Waals surface area (Å²) in [6.45, 7) is -0.154.